The monoisotopic (exact) mass is 413 g/mol. The number of benzene rings is 3. The van der Waals surface area contributed by atoms with Crippen molar-refractivity contribution in [3.63, 3.8) is 0 Å². The van der Waals surface area contributed by atoms with E-state index in [0.717, 1.165) is 53.2 Å². The van der Waals surface area contributed by atoms with E-state index in [4.69, 9.17) is 10.1 Å². The lowest BCUT2D eigenvalue weighted by atomic mass is 10.0. The normalized spacial score (nSPS) is 12.0. The van der Waals surface area contributed by atoms with Crippen molar-refractivity contribution in [2.45, 2.75) is 26.2 Å². The Morgan fingerprint density at radius 3 is 2.42 bits per heavy atom. The van der Waals surface area contributed by atoms with Crippen LogP contribution in [0.1, 0.15) is 26.2 Å². The summed E-state index contributed by atoms with van der Waals surface area (Å²) in [6, 6.07) is 26.8. The van der Waals surface area contributed by atoms with Gasteiger partial charge in [-0.3, -0.25) is 9.36 Å². The molecule has 0 bridgehead atoms. The van der Waals surface area contributed by atoms with Crippen molar-refractivity contribution in [3.8, 4) is 17.1 Å². The average molecular weight is 414 g/mol. The number of aromatic nitrogens is 2. The topological polar surface area (TPSA) is 67.2 Å². The highest BCUT2D eigenvalue weighted by molar-refractivity contribution is 5.86. The minimum Gasteiger partial charge on any atom is -0.481 e. The summed E-state index contributed by atoms with van der Waals surface area (Å²) in [6.45, 7) is 2.57. The lowest BCUT2D eigenvalue weighted by molar-refractivity contribution is -0.141. The predicted octanol–water partition coefficient (Wildman–Crippen LogP) is 6.00. The van der Waals surface area contributed by atoms with Crippen LogP contribution in [0.15, 0.2) is 78.9 Å². The lowest BCUT2D eigenvalue weighted by Gasteiger charge is -2.10. The summed E-state index contributed by atoms with van der Waals surface area (Å²) in [5.41, 5.74) is 5.18. The quantitative estimate of drug-likeness (QED) is 0.331. The summed E-state index contributed by atoms with van der Waals surface area (Å²) in [4.78, 5) is 15.9. The molecule has 31 heavy (non-hydrogen) atoms. The molecule has 1 heterocycles. The first-order valence-corrected chi connectivity index (χ1v) is 10.7. The second-order valence-corrected chi connectivity index (χ2v) is 7.84. The molecule has 0 amide bonds. The summed E-state index contributed by atoms with van der Waals surface area (Å²) in [5, 5.41) is 12.4. The van der Waals surface area contributed by atoms with Crippen LogP contribution in [0.5, 0.6) is 0 Å². The number of carboxylic acids is 1. The molecule has 5 heteroatoms. The van der Waals surface area contributed by atoms with Crippen LogP contribution in [-0.4, -0.2) is 27.2 Å². The molecule has 0 aliphatic heterocycles. The number of nitrogens with one attached hydrogen (secondary N) is 1. The van der Waals surface area contributed by atoms with E-state index in [9.17, 15) is 4.79 Å². The van der Waals surface area contributed by atoms with Gasteiger partial charge in [-0.25, -0.2) is 4.98 Å². The van der Waals surface area contributed by atoms with E-state index in [1.54, 1.807) is 6.92 Å². The van der Waals surface area contributed by atoms with E-state index in [1.807, 2.05) is 36.4 Å². The number of aliphatic carboxylic acids is 1. The second kappa shape index (κ2) is 9.47. The second-order valence-electron chi connectivity index (χ2n) is 7.84. The van der Waals surface area contributed by atoms with Crippen LogP contribution in [0.25, 0.3) is 28.1 Å². The van der Waals surface area contributed by atoms with Gasteiger partial charge in [0.25, 0.3) is 0 Å². The third kappa shape index (κ3) is 4.77. The number of para-hydroxylation sites is 1. The summed E-state index contributed by atoms with van der Waals surface area (Å²) in [5.74, 6) is -0.0852. The average Bonchev–Trinajstić information content (AvgIpc) is 3.18. The first kappa shape index (κ1) is 20.7. The first-order chi connectivity index (χ1) is 15.1. The van der Waals surface area contributed by atoms with Crippen LogP contribution < -0.4 is 5.32 Å². The number of carboxylic acid groups (broad SMARTS) is 1. The van der Waals surface area contributed by atoms with Crippen LogP contribution in [-0.2, 0) is 4.79 Å². The molecule has 3 aromatic carbocycles. The Hall–Kier alpha value is -3.60. The molecule has 0 fully saturated rings. The van der Waals surface area contributed by atoms with Crippen molar-refractivity contribution < 1.29 is 9.90 Å². The van der Waals surface area contributed by atoms with Gasteiger partial charge < -0.3 is 10.4 Å². The number of nitrogens with zero attached hydrogens (tertiary/aromatic N) is 2. The van der Waals surface area contributed by atoms with Gasteiger partial charge >= 0.3 is 5.97 Å². The minimum atomic E-state index is -0.721. The fraction of sp³-hybridized carbons (Fsp3) is 0.231. The molecule has 0 radical (unpaired) electrons. The third-order valence-electron chi connectivity index (χ3n) is 5.52. The molecule has 4 aromatic rings. The van der Waals surface area contributed by atoms with Crippen LogP contribution >= 0.6 is 0 Å². The Bertz CT molecular complexity index is 1150. The smallest absolute Gasteiger partial charge is 0.306 e. The summed E-state index contributed by atoms with van der Waals surface area (Å²) >= 11 is 0. The third-order valence-corrected chi connectivity index (χ3v) is 5.52. The van der Waals surface area contributed by atoms with Crippen molar-refractivity contribution in [2.24, 2.45) is 5.92 Å². The minimum absolute atomic E-state index is 0.283. The molecule has 0 spiro atoms. The number of unbranched alkanes of at least 4 members (excludes halogenated alkanes) is 1. The maximum Gasteiger partial charge on any atom is 0.306 e. The molecule has 0 saturated heterocycles. The first-order valence-electron chi connectivity index (χ1n) is 10.7. The van der Waals surface area contributed by atoms with E-state index in [2.05, 4.69) is 52.3 Å². The van der Waals surface area contributed by atoms with Crippen molar-refractivity contribution in [1.29, 1.82) is 0 Å². The van der Waals surface area contributed by atoms with Gasteiger partial charge in [-0.05, 0) is 43.2 Å². The van der Waals surface area contributed by atoms with E-state index in [0.29, 0.717) is 6.42 Å². The number of hydrogen-bond acceptors (Lipinski definition) is 3. The zero-order valence-electron chi connectivity index (χ0n) is 17.7. The Balaban J connectivity index is 1.57. The summed E-state index contributed by atoms with van der Waals surface area (Å²) in [6.07, 6.45) is 2.53. The summed E-state index contributed by atoms with van der Waals surface area (Å²) in [7, 11) is 0. The fourth-order valence-corrected chi connectivity index (χ4v) is 3.74. The van der Waals surface area contributed by atoms with Crippen molar-refractivity contribution in [2.75, 3.05) is 11.9 Å². The Morgan fingerprint density at radius 2 is 1.71 bits per heavy atom. The number of carbonyl (C=O) groups is 1. The standard InChI is InChI=1S/C26H27N3O2/c1-19(26(30)31)10-8-9-17-27-21-15-16-24-23(18-21)28-25(20-11-4-2-5-12-20)29(24)22-13-6-3-7-14-22/h2-7,11-16,18-19,27H,8-10,17H2,1H3,(H,30,31). The summed E-state index contributed by atoms with van der Waals surface area (Å²) < 4.78 is 2.20. The molecule has 1 aromatic heterocycles. The number of rotatable bonds is 9. The van der Waals surface area contributed by atoms with Gasteiger partial charge in [-0.15, -0.1) is 0 Å². The number of anilines is 1. The van der Waals surface area contributed by atoms with Crippen LogP contribution in [0.4, 0.5) is 5.69 Å². The van der Waals surface area contributed by atoms with Gasteiger partial charge in [0, 0.05) is 23.5 Å². The fourth-order valence-electron chi connectivity index (χ4n) is 3.74. The number of hydrogen-bond donors (Lipinski definition) is 2. The molecule has 158 valence electrons. The molecule has 5 nitrogen and oxygen atoms in total. The Morgan fingerprint density at radius 1 is 1.00 bits per heavy atom. The van der Waals surface area contributed by atoms with E-state index >= 15 is 0 Å². The molecule has 0 saturated carbocycles. The van der Waals surface area contributed by atoms with Gasteiger partial charge in [0.15, 0.2) is 0 Å². The highest BCUT2D eigenvalue weighted by Crippen LogP contribution is 2.30. The molecule has 1 unspecified atom stereocenters. The zero-order valence-corrected chi connectivity index (χ0v) is 17.7. The Labute approximate surface area is 182 Å². The molecule has 0 aliphatic carbocycles. The number of imidazole rings is 1. The van der Waals surface area contributed by atoms with E-state index in [1.165, 1.54) is 0 Å². The van der Waals surface area contributed by atoms with Gasteiger partial charge in [0.2, 0.25) is 0 Å². The Kier molecular flexibility index (Phi) is 6.32. The molecular weight excluding hydrogens is 386 g/mol. The van der Waals surface area contributed by atoms with Gasteiger partial charge in [-0.1, -0.05) is 61.9 Å². The van der Waals surface area contributed by atoms with E-state index in [-0.39, 0.29) is 5.92 Å². The maximum atomic E-state index is 10.9. The molecule has 2 N–H and O–H groups in total. The van der Waals surface area contributed by atoms with Crippen molar-refractivity contribution >= 4 is 22.7 Å². The van der Waals surface area contributed by atoms with Crippen LogP contribution in [0.2, 0.25) is 0 Å². The zero-order chi connectivity index (χ0) is 21.6. The molecular formula is C26H27N3O2. The van der Waals surface area contributed by atoms with E-state index < -0.39 is 5.97 Å². The van der Waals surface area contributed by atoms with Gasteiger partial charge in [-0.2, -0.15) is 0 Å². The maximum absolute atomic E-state index is 10.9. The van der Waals surface area contributed by atoms with Crippen molar-refractivity contribution in [1.82, 2.24) is 9.55 Å². The van der Waals surface area contributed by atoms with Gasteiger partial charge in [0.1, 0.15) is 5.82 Å². The molecule has 4 rings (SSSR count). The predicted molar refractivity (Wildman–Crippen MR) is 126 cm³/mol. The lowest BCUT2D eigenvalue weighted by Crippen LogP contribution is -2.10. The molecule has 1 atom stereocenters. The number of fused-ring (bicyclic) bond motifs is 1. The van der Waals surface area contributed by atoms with Gasteiger partial charge in [0.05, 0.1) is 17.0 Å². The highest BCUT2D eigenvalue weighted by Gasteiger charge is 2.14. The van der Waals surface area contributed by atoms with Crippen LogP contribution in [0.3, 0.4) is 0 Å². The largest absolute Gasteiger partial charge is 0.481 e. The highest BCUT2D eigenvalue weighted by atomic mass is 16.4. The van der Waals surface area contributed by atoms with Crippen molar-refractivity contribution in [3.05, 3.63) is 78.9 Å². The van der Waals surface area contributed by atoms with Crippen LogP contribution in [0, 0.1) is 5.92 Å². The SMILES string of the molecule is CC(CCCCNc1ccc2c(c1)nc(-c1ccccc1)n2-c1ccccc1)C(=O)O. The molecule has 0 aliphatic rings.